The van der Waals surface area contributed by atoms with E-state index in [0.29, 0.717) is 40.3 Å². The molecule has 4 N–H and O–H groups in total. The molecule has 1 aliphatic rings. The minimum Gasteiger partial charge on any atom is -0.493 e. The standard InChI is InChI=1S/C17H24N4O4/c1-23-13-9-11-12(10-14(13)24-2)20-17(22)16(15(11)18)19-3-4-21-5-7-25-8-6-21/h9-10,19H,3-8H2,1-2H3,(H3,18,20,22). The maximum Gasteiger partial charge on any atom is 0.273 e. The minimum atomic E-state index is -0.251. The molecule has 2 aromatic rings. The van der Waals surface area contributed by atoms with Crippen molar-refractivity contribution in [2.45, 2.75) is 0 Å². The van der Waals surface area contributed by atoms with Crippen LogP contribution in [0.15, 0.2) is 16.9 Å². The molecule has 8 nitrogen and oxygen atoms in total. The van der Waals surface area contributed by atoms with Gasteiger partial charge in [0, 0.05) is 37.6 Å². The molecule has 0 spiro atoms. The van der Waals surface area contributed by atoms with E-state index in [2.05, 4.69) is 15.2 Å². The predicted octanol–water partition coefficient (Wildman–Crippen LogP) is 0.872. The molecule has 1 saturated heterocycles. The Labute approximate surface area is 145 Å². The number of nitrogens with two attached hydrogens (primary N) is 1. The van der Waals surface area contributed by atoms with Crippen LogP contribution in [0.2, 0.25) is 0 Å². The molecule has 1 aliphatic heterocycles. The molecule has 136 valence electrons. The lowest BCUT2D eigenvalue weighted by Crippen LogP contribution is -2.39. The van der Waals surface area contributed by atoms with Crippen LogP contribution >= 0.6 is 0 Å². The molecule has 0 saturated carbocycles. The molecule has 3 rings (SSSR count). The van der Waals surface area contributed by atoms with Crippen molar-refractivity contribution in [2.24, 2.45) is 0 Å². The number of aromatic nitrogens is 1. The summed E-state index contributed by atoms with van der Waals surface area (Å²) in [7, 11) is 3.11. The van der Waals surface area contributed by atoms with Gasteiger partial charge < -0.3 is 30.2 Å². The number of ether oxygens (including phenoxy) is 3. The fraction of sp³-hybridized carbons (Fsp3) is 0.471. The van der Waals surface area contributed by atoms with Gasteiger partial charge in [0.2, 0.25) is 0 Å². The molecular formula is C17H24N4O4. The summed E-state index contributed by atoms with van der Waals surface area (Å²) in [6, 6.07) is 3.48. The highest BCUT2D eigenvalue weighted by atomic mass is 16.5. The summed E-state index contributed by atoms with van der Waals surface area (Å²) < 4.78 is 15.9. The van der Waals surface area contributed by atoms with E-state index >= 15 is 0 Å². The second kappa shape index (κ2) is 7.62. The molecule has 25 heavy (non-hydrogen) atoms. The van der Waals surface area contributed by atoms with E-state index in [0.717, 1.165) is 32.8 Å². The zero-order chi connectivity index (χ0) is 17.8. The van der Waals surface area contributed by atoms with Crippen molar-refractivity contribution < 1.29 is 14.2 Å². The van der Waals surface area contributed by atoms with Crippen molar-refractivity contribution >= 4 is 22.3 Å². The molecule has 1 aromatic heterocycles. The average Bonchev–Trinajstić information content (AvgIpc) is 2.64. The zero-order valence-electron chi connectivity index (χ0n) is 14.6. The number of rotatable bonds is 6. The number of anilines is 2. The Morgan fingerprint density at radius 1 is 1.24 bits per heavy atom. The maximum absolute atomic E-state index is 12.4. The van der Waals surface area contributed by atoms with Crippen molar-refractivity contribution in [3.63, 3.8) is 0 Å². The summed E-state index contributed by atoms with van der Waals surface area (Å²) in [6.07, 6.45) is 0. The second-order valence-electron chi connectivity index (χ2n) is 5.88. The van der Waals surface area contributed by atoms with Gasteiger partial charge in [-0.05, 0) is 6.07 Å². The van der Waals surface area contributed by atoms with Crippen LogP contribution < -0.4 is 26.1 Å². The highest BCUT2D eigenvalue weighted by molar-refractivity contribution is 5.97. The molecule has 8 heteroatoms. The van der Waals surface area contributed by atoms with E-state index in [4.69, 9.17) is 19.9 Å². The number of fused-ring (bicyclic) bond motifs is 1. The van der Waals surface area contributed by atoms with Gasteiger partial charge in [0.1, 0.15) is 5.69 Å². The van der Waals surface area contributed by atoms with E-state index in [1.807, 2.05) is 0 Å². The Balaban J connectivity index is 1.83. The molecule has 0 unspecified atom stereocenters. The van der Waals surface area contributed by atoms with Gasteiger partial charge in [0.25, 0.3) is 5.56 Å². The number of nitrogen functional groups attached to an aromatic ring is 1. The van der Waals surface area contributed by atoms with Crippen molar-refractivity contribution in [1.29, 1.82) is 0 Å². The van der Waals surface area contributed by atoms with Crippen LogP contribution in [0, 0.1) is 0 Å². The Morgan fingerprint density at radius 3 is 2.60 bits per heavy atom. The lowest BCUT2D eigenvalue weighted by atomic mass is 10.1. The molecular weight excluding hydrogens is 324 g/mol. The number of hydrogen-bond donors (Lipinski definition) is 3. The molecule has 2 heterocycles. The van der Waals surface area contributed by atoms with Crippen LogP contribution in [0.25, 0.3) is 10.9 Å². The predicted molar refractivity (Wildman–Crippen MR) is 97.8 cm³/mol. The average molecular weight is 348 g/mol. The first-order chi connectivity index (χ1) is 12.1. The van der Waals surface area contributed by atoms with E-state index in [1.54, 1.807) is 26.4 Å². The molecule has 0 radical (unpaired) electrons. The van der Waals surface area contributed by atoms with E-state index in [9.17, 15) is 4.79 Å². The molecule has 0 bridgehead atoms. The summed E-state index contributed by atoms with van der Waals surface area (Å²) in [5, 5.41) is 3.88. The van der Waals surface area contributed by atoms with Gasteiger partial charge in [0.05, 0.1) is 38.6 Å². The number of hydrogen-bond acceptors (Lipinski definition) is 7. The van der Waals surface area contributed by atoms with Gasteiger partial charge in [0.15, 0.2) is 11.5 Å². The first-order valence-corrected chi connectivity index (χ1v) is 8.25. The smallest absolute Gasteiger partial charge is 0.273 e. The van der Waals surface area contributed by atoms with Crippen LogP contribution in [0.3, 0.4) is 0 Å². The highest BCUT2D eigenvalue weighted by Crippen LogP contribution is 2.34. The zero-order valence-corrected chi connectivity index (χ0v) is 14.6. The SMILES string of the molecule is COc1cc2[nH]c(=O)c(NCCN3CCOCC3)c(N)c2cc1OC. The van der Waals surface area contributed by atoms with Crippen LogP contribution in [-0.2, 0) is 4.74 Å². The Bertz CT molecular complexity index is 799. The second-order valence-corrected chi connectivity index (χ2v) is 5.88. The molecule has 0 atom stereocenters. The molecule has 1 aromatic carbocycles. The topological polar surface area (TPSA) is 102 Å². The lowest BCUT2D eigenvalue weighted by molar-refractivity contribution is 0.0398. The summed E-state index contributed by atoms with van der Waals surface area (Å²) in [4.78, 5) is 17.5. The van der Waals surface area contributed by atoms with Gasteiger partial charge in [-0.2, -0.15) is 0 Å². The number of methoxy groups -OCH3 is 2. The van der Waals surface area contributed by atoms with Crippen LogP contribution in [0.5, 0.6) is 11.5 Å². The van der Waals surface area contributed by atoms with Gasteiger partial charge in [-0.15, -0.1) is 0 Å². The summed E-state index contributed by atoms with van der Waals surface area (Å²) in [5.41, 5.74) is 7.39. The number of nitrogens with zero attached hydrogens (tertiary/aromatic N) is 1. The summed E-state index contributed by atoms with van der Waals surface area (Å²) in [6.45, 7) is 4.77. The Hall–Kier alpha value is -2.45. The molecule has 0 amide bonds. The van der Waals surface area contributed by atoms with Crippen molar-refractivity contribution in [3.05, 3.63) is 22.5 Å². The van der Waals surface area contributed by atoms with Gasteiger partial charge in [-0.1, -0.05) is 0 Å². The van der Waals surface area contributed by atoms with Crippen molar-refractivity contribution in [2.75, 3.05) is 64.7 Å². The molecule has 1 fully saturated rings. The fourth-order valence-electron chi connectivity index (χ4n) is 2.99. The molecule has 0 aliphatic carbocycles. The quantitative estimate of drug-likeness (QED) is 0.712. The minimum absolute atomic E-state index is 0.251. The number of H-pyrrole nitrogens is 1. The number of benzene rings is 1. The third-order valence-electron chi connectivity index (χ3n) is 4.39. The fourth-order valence-corrected chi connectivity index (χ4v) is 2.99. The first-order valence-electron chi connectivity index (χ1n) is 8.25. The van der Waals surface area contributed by atoms with E-state index in [1.165, 1.54) is 0 Å². The van der Waals surface area contributed by atoms with Crippen molar-refractivity contribution in [3.8, 4) is 11.5 Å². The van der Waals surface area contributed by atoms with Gasteiger partial charge in [-0.3, -0.25) is 9.69 Å². The Kier molecular flexibility index (Phi) is 5.30. The maximum atomic E-state index is 12.4. The number of aromatic amines is 1. The number of pyridine rings is 1. The van der Waals surface area contributed by atoms with Crippen LogP contribution in [0.4, 0.5) is 11.4 Å². The first kappa shape index (κ1) is 17.4. The Morgan fingerprint density at radius 2 is 1.92 bits per heavy atom. The van der Waals surface area contributed by atoms with E-state index < -0.39 is 0 Å². The van der Waals surface area contributed by atoms with E-state index in [-0.39, 0.29) is 5.56 Å². The van der Waals surface area contributed by atoms with Gasteiger partial charge in [-0.25, -0.2) is 0 Å². The third-order valence-corrected chi connectivity index (χ3v) is 4.39. The largest absolute Gasteiger partial charge is 0.493 e. The van der Waals surface area contributed by atoms with Crippen molar-refractivity contribution in [1.82, 2.24) is 9.88 Å². The van der Waals surface area contributed by atoms with Crippen LogP contribution in [-0.4, -0.2) is 63.5 Å². The lowest BCUT2D eigenvalue weighted by Gasteiger charge is -2.26. The monoisotopic (exact) mass is 348 g/mol. The third kappa shape index (κ3) is 3.64. The summed E-state index contributed by atoms with van der Waals surface area (Å²) in [5.74, 6) is 1.10. The normalized spacial score (nSPS) is 15.3. The summed E-state index contributed by atoms with van der Waals surface area (Å²) >= 11 is 0. The van der Waals surface area contributed by atoms with Crippen LogP contribution in [0.1, 0.15) is 0 Å². The number of nitrogens with one attached hydrogen (secondary N) is 2. The number of morpholine rings is 1. The highest BCUT2D eigenvalue weighted by Gasteiger charge is 2.15. The van der Waals surface area contributed by atoms with Gasteiger partial charge >= 0.3 is 0 Å².